The first kappa shape index (κ1) is 13.9. The first-order chi connectivity index (χ1) is 9.75. The minimum Gasteiger partial charge on any atom is -0.331 e. The third kappa shape index (κ3) is 2.83. The third-order valence-corrected chi connectivity index (χ3v) is 5.52. The van der Waals surface area contributed by atoms with Crippen molar-refractivity contribution < 1.29 is 4.79 Å². The molecule has 1 amide bonds. The fraction of sp³-hybridized carbons (Fsp3) is 0.588. The van der Waals surface area contributed by atoms with Crippen molar-refractivity contribution in [1.82, 2.24) is 4.90 Å². The first-order valence-corrected chi connectivity index (χ1v) is 8.63. The second kappa shape index (κ2) is 6.13. The molecule has 0 spiro atoms. The summed E-state index contributed by atoms with van der Waals surface area (Å²) >= 11 is 1.84. The standard InChI is InChI=1S/C17H23NOS/c1-13-10-11-16(20-13)15-9-6-12-18(15)17(19)14-7-4-2-3-5-8-14/h7,10-11,15H,2-6,8-9,12H2,1H3. The number of rotatable bonds is 2. The van der Waals surface area contributed by atoms with Crippen molar-refractivity contribution in [1.29, 1.82) is 0 Å². The lowest BCUT2D eigenvalue weighted by Gasteiger charge is -2.25. The molecule has 2 aliphatic rings. The van der Waals surface area contributed by atoms with E-state index in [-0.39, 0.29) is 0 Å². The summed E-state index contributed by atoms with van der Waals surface area (Å²) < 4.78 is 0. The van der Waals surface area contributed by atoms with Crippen LogP contribution in [0.15, 0.2) is 23.8 Å². The molecule has 0 saturated carbocycles. The van der Waals surface area contributed by atoms with Crippen LogP contribution in [0.2, 0.25) is 0 Å². The van der Waals surface area contributed by atoms with E-state index in [1.165, 1.54) is 29.0 Å². The van der Waals surface area contributed by atoms with Crippen LogP contribution >= 0.6 is 11.3 Å². The van der Waals surface area contributed by atoms with Gasteiger partial charge in [0.2, 0.25) is 5.91 Å². The predicted octanol–water partition coefficient (Wildman–Crippen LogP) is 4.61. The zero-order valence-corrected chi connectivity index (χ0v) is 13.0. The first-order valence-electron chi connectivity index (χ1n) is 7.82. The Labute approximate surface area is 125 Å². The topological polar surface area (TPSA) is 20.3 Å². The average molecular weight is 289 g/mol. The molecule has 1 fully saturated rings. The van der Waals surface area contributed by atoms with E-state index in [1.54, 1.807) is 0 Å². The molecule has 1 saturated heterocycles. The average Bonchev–Trinajstić information content (AvgIpc) is 2.99. The fourth-order valence-electron chi connectivity index (χ4n) is 3.33. The van der Waals surface area contributed by atoms with Gasteiger partial charge in [0.15, 0.2) is 0 Å². The Bertz CT molecular complexity index is 517. The SMILES string of the molecule is Cc1ccc(C2CCCN2C(=O)C2=CCCCCC2)s1. The second-order valence-corrected chi connectivity index (χ2v) is 7.25. The lowest BCUT2D eigenvalue weighted by atomic mass is 10.1. The number of nitrogens with zero attached hydrogens (tertiary/aromatic N) is 1. The highest BCUT2D eigenvalue weighted by molar-refractivity contribution is 7.12. The Kier molecular flexibility index (Phi) is 4.25. The van der Waals surface area contributed by atoms with Crippen LogP contribution < -0.4 is 0 Å². The largest absolute Gasteiger partial charge is 0.331 e. The molecule has 0 bridgehead atoms. The molecule has 0 aromatic carbocycles. The van der Waals surface area contributed by atoms with Crippen molar-refractivity contribution in [3.63, 3.8) is 0 Å². The molecule has 1 aliphatic heterocycles. The molecule has 20 heavy (non-hydrogen) atoms. The van der Waals surface area contributed by atoms with Gasteiger partial charge in [0.05, 0.1) is 6.04 Å². The van der Waals surface area contributed by atoms with Crippen molar-refractivity contribution in [2.24, 2.45) is 0 Å². The van der Waals surface area contributed by atoms with Gasteiger partial charge in [-0.15, -0.1) is 11.3 Å². The number of aryl methyl sites for hydroxylation is 1. The van der Waals surface area contributed by atoms with Gasteiger partial charge < -0.3 is 4.90 Å². The highest BCUT2D eigenvalue weighted by Gasteiger charge is 2.32. The molecule has 108 valence electrons. The molecule has 3 rings (SSSR count). The quantitative estimate of drug-likeness (QED) is 0.778. The third-order valence-electron chi connectivity index (χ3n) is 4.42. The molecule has 1 unspecified atom stereocenters. The van der Waals surface area contributed by atoms with Crippen LogP contribution in [0.1, 0.15) is 60.7 Å². The Morgan fingerprint density at radius 3 is 2.95 bits per heavy atom. The molecular formula is C17H23NOS. The molecule has 0 radical (unpaired) electrons. The zero-order chi connectivity index (χ0) is 13.9. The van der Waals surface area contributed by atoms with Crippen molar-refractivity contribution in [3.8, 4) is 0 Å². The lowest BCUT2D eigenvalue weighted by Crippen LogP contribution is -2.31. The monoisotopic (exact) mass is 289 g/mol. The highest BCUT2D eigenvalue weighted by atomic mass is 32.1. The van der Waals surface area contributed by atoms with Gasteiger partial charge in [-0.05, 0) is 57.6 Å². The van der Waals surface area contributed by atoms with Crippen LogP contribution in [0.25, 0.3) is 0 Å². The molecular weight excluding hydrogens is 266 g/mol. The summed E-state index contributed by atoms with van der Waals surface area (Å²) in [4.78, 5) is 17.6. The Hall–Kier alpha value is -1.09. The molecule has 1 aromatic rings. The molecule has 2 heterocycles. The van der Waals surface area contributed by atoms with Crippen LogP contribution in [0.4, 0.5) is 0 Å². The number of hydrogen-bond donors (Lipinski definition) is 0. The van der Waals surface area contributed by atoms with Gasteiger partial charge >= 0.3 is 0 Å². The smallest absolute Gasteiger partial charge is 0.249 e. The minimum atomic E-state index is 0.306. The summed E-state index contributed by atoms with van der Waals surface area (Å²) in [6.07, 6.45) is 10.2. The number of carbonyl (C=O) groups is 1. The van der Waals surface area contributed by atoms with Crippen molar-refractivity contribution in [2.45, 2.75) is 57.9 Å². The second-order valence-electron chi connectivity index (χ2n) is 5.93. The maximum Gasteiger partial charge on any atom is 0.249 e. The minimum absolute atomic E-state index is 0.306. The van der Waals surface area contributed by atoms with E-state index in [0.29, 0.717) is 11.9 Å². The van der Waals surface area contributed by atoms with Crippen LogP contribution in [0.5, 0.6) is 0 Å². The Morgan fingerprint density at radius 2 is 2.15 bits per heavy atom. The van der Waals surface area contributed by atoms with E-state index in [4.69, 9.17) is 0 Å². The van der Waals surface area contributed by atoms with Gasteiger partial charge in [-0.25, -0.2) is 0 Å². The summed E-state index contributed by atoms with van der Waals surface area (Å²) in [5.74, 6) is 0.306. The van der Waals surface area contributed by atoms with Crippen LogP contribution in [-0.2, 0) is 4.79 Å². The molecule has 1 aromatic heterocycles. The van der Waals surface area contributed by atoms with Gasteiger partial charge in [0.1, 0.15) is 0 Å². The number of thiophene rings is 1. The van der Waals surface area contributed by atoms with Gasteiger partial charge in [-0.1, -0.05) is 12.5 Å². The highest BCUT2D eigenvalue weighted by Crippen LogP contribution is 2.37. The number of amides is 1. The summed E-state index contributed by atoms with van der Waals surface area (Å²) in [6, 6.07) is 4.70. The summed E-state index contributed by atoms with van der Waals surface area (Å²) in [5.41, 5.74) is 1.07. The summed E-state index contributed by atoms with van der Waals surface area (Å²) in [5, 5.41) is 0. The maximum absolute atomic E-state index is 12.8. The van der Waals surface area contributed by atoms with Crippen molar-refractivity contribution >= 4 is 17.2 Å². The van der Waals surface area contributed by atoms with Gasteiger partial charge in [0, 0.05) is 21.9 Å². The van der Waals surface area contributed by atoms with E-state index < -0.39 is 0 Å². The fourth-order valence-corrected chi connectivity index (χ4v) is 4.36. The van der Waals surface area contributed by atoms with Crippen molar-refractivity contribution in [3.05, 3.63) is 33.5 Å². The van der Waals surface area contributed by atoms with Crippen molar-refractivity contribution in [2.75, 3.05) is 6.54 Å². The molecule has 1 atom stereocenters. The molecule has 0 N–H and O–H groups in total. The predicted molar refractivity (Wildman–Crippen MR) is 83.9 cm³/mol. The summed E-state index contributed by atoms with van der Waals surface area (Å²) in [7, 11) is 0. The van der Waals surface area contributed by atoms with Crippen LogP contribution in [-0.4, -0.2) is 17.4 Å². The maximum atomic E-state index is 12.8. The van der Waals surface area contributed by atoms with Gasteiger partial charge in [-0.3, -0.25) is 4.79 Å². The summed E-state index contributed by atoms with van der Waals surface area (Å²) in [6.45, 7) is 3.07. The molecule has 3 heteroatoms. The van der Waals surface area contributed by atoms with E-state index in [1.807, 2.05) is 11.3 Å². The lowest BCUT2D eigenvalue weighted by molar-refractivity contribution is -0.128. The Balaban J connectivity index is 1.77. The van der Waals surface area contributed by atoms with E-state index >= 15 is 0 Å². The normalized spacial score (nSPS) is 23.6. The van der Waals surface area contributed by atoms with Gasteiger partial charge in [0.25, 0.3) is 0 Å². The van der Waals surface area contributed by atoms with Crippen LogP contribution in [0, 0.1) is 6.92 Å². The molecule has 1 aliphatic carbocycles. The number of hydrogen-bond acceptors (Lipinski definition) is 2. The zero-order valence-electron chi connectivity index (χ0n) is 12.2. The number of allylic oxidation sites excluding steroid dienone is 1. The number of likely N-dealkylation sites (tertiary alicyclic amines) is 1. The molecule has 2 nitrogen and oxygen atoms in total. The van der Waals surface area contributed by atoms with E-state index in [0.717, 1.165) is 37.8 Å². The van der Waals surface area contributed by atoms with Gasteiger partial charge in [-0.2, -0.15) is 0 Å². The Morgan fingerprint density at radius 1 is 1.25 bits per heavy atom. The van der Waals surface area contributed by atoms with E-state index in [9.17, 15) is 4.79 Å². The number of carbonyl (C=O) groups excluding carboxylic acids is 1. The van der Waals surface area contributed by atoms with Crippen LogP contribution in [0.3, 0.4) is 0 Å². The van der Waals surface area contributed by atoms with E-state index in [2.05, 4.69) is 30.0 Å².